The highest BCUT2D eigenvalue weighted by molar-refractivity contribution is 6.48. The number of rotatable bonds is 3. The molecule has 0 saturated heterocycles. The third-order valence-corrected chi connectivity index (χ3v) is 3.61. The van der Waals surface area contributed by atoms with Gasteiger partial charge >= 0.3 is 0 Å². The van der Waals surface area contributed by atoms with Crippen molar-refractivity contribution in [3.05, 3.63) is 27.0 Å². The quantitative estimate of drug-likeness (QED) is 0.932. The number of likely N-dealkylation sites (N-methyl/N-ethyl adjacent to an activating group) is 1. The Hall–Kier alpha value is -0.550. The number of hydrogen-bond donors (Lipinski definition) is 1. The molecule has 7 heteroatoms. The number of nitrogens with zero attached hydrogens (tertiary/aromatic N) is 2. The van der Waals surface area contributed by atoms with Gasteiger partial charge in [-0.2, -0.15) is 0 Å². The molecule has 0 aromatic carbocycles. The van der Waals surface area contributed by atoms with Crippen LogP contribution in [0.4, 0.5) is 0 Å². The Kier molecular flexibility index (Phi) is 5.01. The summed E-state index contributed by atoms with van der Waals surface area (Å²) in [6.45, 7) is 1.55. The summed E-state index contributed by atoms with van der Waals surface area (Å²) in [5.41, 5.74) is 0.0175. The number of aliphatic hydroxyl groups is 1. The molecule has 1 aromatic heterocycles. The summed E-state index contributed by atoms with van der Waals surface area (Å²) in [4.78, 5) is 17.2. The number of carbonyl (C=O) groups is 1. The third kappa shape index (κ3) is 3.01. The van der Waals surface area contributed by atoms with Gasteiger partial charge in [0.2, 0.25) is 0 Å². The zero-order chi connectivity index (χ0) is 13.2. The average Bonchev–Trinajstić information content (AvgIpc) is 2.33. The molecule has 0 aliphatic carbocycles. The fourth-order valence-electron chi connectivity index (χ4n) is 1.08. The lowest BCUT2D eigenvalue weighted by atomic mass is 10.2. The Labute approximate surface area is 114 Å². The largest absolute Gasteiger partial charge is 0.394 e. The third-order valence-electron chi connectivity index (χ3n) is 2.37. The summed E-state index contributed by atoms with van der Waals surface area (Å²) in [7, 11) is 1.55. The molecule has 0 spiro atoms. The van der Waals surface area contributed by atoms with Gasteiger partial charge in [-0.3, -0.25) is 4.79 Å². The number of hydrogen-bond acceptors (Lipinski definition) is 3. The van der Waals surface area contributed by atoms with E-state index in [4.69, 9.17) is 39.9 Å². The number of halogens is 3. The normalized spacial score (nSPS) is 12.4. The molecule has 0 aliphatic heterocycles. The smallest absolute Gasteiger partial charge is 0.274 e. The molecule has 0 fully saturated rings. The minimum atomic E-state index is -0.421. The Morgan fingerprint density at radius 2 is 2.06 bits per heavy atom. The van der Waals surface area contributed by atoms with Crippen LogP contribution in [0.25, 0.3) is 0 Å². The maximum absolute atomic E-state index is 12.0. The minimum Gasteiger partial charge on any atom is -0.394 e. The van der Waals surface area contributed by atoms with Crippen LogP contribution in [-0.4, -0.2) is 40.6 Å². The molecule has 1 unspecified atom stereocenters. The summed E-state index contributed by atoms with van der Waals surface area (Å²) in [5, 5.41) is 9.27. The van der Waals surface area contributed by atoms with E-state index in [1.54, 1.807) is 14.0 Å². The van der Waals surface area contributed by atoms with Crippen molar-refractivity contribution in [1.29, 1.82) is 0 Å². The molecule has 1 aromatic rings. The second-order valence-electron chi connectivity index (χ2n) is 3.53. The van der Waals surface area contributed by atoms with Crippen molar-refractivity contribution in [3.8, 4) is 0 Å². The van der Waals surface area contributed by atoms with E-state index in [1.165, 1.54) is 11.1 Å². The molecular formula is C10H11Cl3N2O2. The minimum absolute atomic E-state index is 0.0150. The monoisotopic (exact) mass is 296 g/mol. The van der Waals surface area contributed by atoms with Crippen molar-refractivity contribution in [2.45, 2.75) is 13.0 Å². The summed E-state index contributed by atoms with van der Waals surface area (Å²) in [5.74, 6) is -0.421. The van der Waals surface area contributed by atoms with Crippen LogP contribution in [0.5, 0.6) is 0 Å². The molecule has 17 heavy (non-hydrogen) atoms. The van der Waals surface area contributed by atoms with Gasteiger partial charge in [0.05, 0.1) is 27.7 Å². The Morgan fingerprint density at radius 3 is 2.59 bits per heavy atom. The summed E-state index contributed by atoms with van der Waals surface area (Å²) >= 11 is 17.4. The second-order valence-corrected chi connectivity index (χ2v) is 4.69. The van der Waals surface area contributed by atoms with Gasteiger partial charge in [-0.05, 0) is 6.92 Å². The van der Waals surface area contributed by atoms with Gasteiger partial charge in [0.25, 0.3) is 5.91 Å². The van der Waals surface area contributed by atoms with Crippen LogP contribution in [0.3, 0.4) is 0 Å². The fourth-order valence-corrected chi connectivity index (χ4v) is 1.64. The first kappa shape index (κ1) is 14.5. The van der Waals surface area contributed by atoms with Crippen LogP contribution < -0.4 is 0 Å². The molecule has 1 amide bonds. The van der Waals surface area contributed by atoms with Crippen LogP contribution >= 0.6 is 34.8 Å². The lowest BCUT2D eigenvalue weighted by Gasteiger charge is -2.23. The number of amides is 1. The predicted octanol–water partition coefficient (Wildman–Crippen LogP) is 2.49. The molecule has 1 atom stereocenters. The van der Waals surface area contributed by atoms with Gasteiger partial charge in [-0.25, -0.2) is 4.98 Å². The zero-order valence-corrected chi connectivity index (χ0v) is 11.5. The number of carbonyl (C=O) groups excluding carboxylic acids is 1. The standard InChI is InChI=1S/C10H11Cl3N2O2/c1-5(4-16)15(2)10(17)9-8(13)7(12)6(11)3-14-9/h3,5,16H,4H2,1-2H3. The Bertz CT molecular complexity index is 440. The van der Waals surface area contributed by atoms with Gasteiger partial charge in [-0.1, -0.05) is 34.8 Å². The van der Waals surface area contributed by atoms with Gasteiger partial charge in [0.15, 0.2) is 0 Å². The first-order valence-corrected chi connectivity index (χ1v) is 5.91. The molecule has 1 heterocycles. The molecule has 1 N–H and O–H groups in total. The first-order chi connectivity index (χ1) is 7.90. The molecule has 94 valence electrons. The van der Waals surface area contributed by atoms with Crippen LogP contribution in [0, 0.1) is 0 Å². The van der Waals surface area contributed by atoms with Crippen molar-refractivity contribution in [1.82, 2.24) is 9.88 Å². The fraction of sp³-hybridized carbons (Fsp3) is 0.400. The number of pyridine rings is 1. The highest BCUT2D eigenvalue weighted by Gasteiger charge is 2.22. The van der Waals surface area contributed by atoms with Crippen molar-refractivity contribution in [2.24, 2.45) is 0 Å². The van der Waals surface area contributed by atoms with E-state index in [2.05, 4.69) is 4.98 Å². The SMILES string of the molecule is CC(CO)N(C)C(=O)c1ncc(Cl)c(Cl)c1Cl. The molecular weight excluding hydrogens is 286 g/mol. The topological polar surface area (TPSA) is 53.4 Å². The van der Waals surface area contributed by atoms with E-state index < -0.39 is 5.91 Å². The first-order valence-electron chi connectivity index (χ1n) is 4.77. The van der Waals surface area contributed by atoms with E-state index >= 15 is 0 Å². The highest BCUT2D eigenvalue weighted by Crippen LogP contribution is 2.31. The van der Waals surface area contributed by atoms with E-state index in [0.29, 0.717) is 0 Å². The molecule has 0 radical (unpaired) electrons. The van der Waals surface area contributed by atoms with Gasteiger partial charge < -0.3 is 10.0 Å². The van der Waals surface area contributed by atoms with E-state index in [-0.39, 0.29) is 33.4 Å². The van der Waals surface area contributed by atoms with Gasteiger partial charge in [0.1, 0.15) is 5.69 Å². The highest BCUT2D eigenvalue weighted by atomic mass is 35.5. The molecule has 4 nitrogen and oxygen atoms in total. The summed E-state index contributed by atoms with van der Waals surface area (Å²) < 4.78 is 0. The zero-order valence-electron chi connectivity index (χ0n) is 9.25. The number of aliphatic hydroxyl groups excluding tert-OH is 1. The molecule has 0 aliphatic rings. The van der Waals surface area contributed by atoms with E-state index in [0.717, 1.165) is 0 Å². The van der Waals surface area contributed by atoms with Crippen LogP contribution in [0.15, 0.2) is 6.20 Å². The second kappa shape index (κ2) is 5.87. The average molecular weight is 298 g/mol. The van der Waals surface area contributed by atoms with E-state index in [1.807, 2.05) is 0 Å². The number of aromatic nitrogens is 1. The Morgan fingerprint density at radius 1 is 1.47 bits per heavy atom. The predicted molar refractivity (Wildman–Crippen MR) is 67.9 cm³/mol. The summed E-state index contributed by atoms with van der Waals surface area (Å²) in [6.07, 6.45) is 1.26. The molecule has 0 bridgehead atoms. The lowest BCUT2D eigenvalue weighted by molar-refractivity contribution is 0.0676. The maximum Gasteiger partial charge on any atom is 0.274 e. The van der Waals surface area contributed by atoms with Crippen molar-refractivity contribution >= 4 is 40.7 Å². The van der Waals surface area contributed by atoms with Crippen LogP contribution in [0.1, 0.15) is 17.4 Å². The van der Waals surface area contributed by atoms with Crippen molar-refractivity contribution in [2.75, 3.05) is 13.7 Å². The van der Waals surface area contributed by atoms with Gasteiger partial charge in [-0.15, -0.1) is 0 Å². The van der Waals surface area contributed by atoms with Crippen molar-refractivity contribution < 1.29 is 9.90 Å². The summed E-state index contributed by atoms with van der Waals surface area (Å²) in [6, 6.07) is -0.338. The Balaban J connectivity index is 3.09. The lowest BCUT2D eigenvalue weighted by Crippen LogP contribution is -2.37. The van der Waals surface area contributed by atoms with Gasteiger partial charge in [0, 0.05) is 13.2 Å². The van der Waals surface area contributed by atoms with Crippen LogP contribution in [0.2, 0.25) is 15.1 Å². The molecule has 0 saturated carbocycles. The van der Waals surface area contributed by atoms with E-state index in [9.17, 15) is 4.79 Å². The molecule has 1 rings (SSSR count). The maximum atomic E-state index is 12.0. The van der Waals surface area contributed by atoms with Crippen LogP contribution in [-0.2, 0) is 0 Å². The van der Waals surface area contributed by atoms with Crippen molar-refractivity contribution in [3.63, 3.8) is 0 Å².